The monoisotopic (exact) mass is 263 g/mol. The van der Waals surface area contributed by atoms with E-state index in [1.165, 1.54) is 12.1 Å². The lowest BCUT2D eigenvalue weighted by Gasteiger charge is -2.25. The Morgan fingerprint density at radius 1 is 1.47 bits per heavy atom. The van der Waals surface area contributed by atoms with Crippen LogP contribution < -0.4 is 5.32 Å². The van der Waals surface area contributed by atoms with E-state index in [-0.39, 0.29) is 29.1 Å². The van der Waals surface area contributed by atoms with Crippen LogP contribution in [0.4, 0.5) is 4.39 Å². The average molecular weight is 263 g/mol. The first-order valence-electron chi connectivity index (χ1n) is 7.00. The summed E-state index contributed by atoms with van der Waals surface area (Å²) in [4.78, 5) is 12.2. The van der Waals surface area contributed by atoms with Crippen LogP contribution in [0.15, 0.2) is 24.3 Å². The fourth-order valence-electron chi connectivity index (χ4n) is 2.70. The third-order valence-electron chi connectivity index (χ3n) is 3.74. The summed E-state index contributed by atoms with van der Waals surface area (Å²) in [6.07, 6.45) is 2.85. The average Bonchev–Trinajstić information content (AvgIpc) is 3.07. The molecule has 0 spiro atoms. The lowest BCUT2D eigenvalue weighted by molar-refractivity contribution is -0.124. The van der Waals surface area contributed by atoms with Crippen LogP contribution in [0.5, 0.6) is 0 Å². The summed E-state index contributed by atoms with van der Waals surface area (Å²) in [5.41, 5.74) is 0.787. The second-order valence-electron chi connectivity index (χ2n) is 6.13. The smallest absolute Gasteiger partial charge is 0.224 e. The molecule has 1 aliphatic carbocycles. The minimum atomic E-state index is -0.227. The van der Waals surface area contributed by atoms with E-state index in [0.717, 1.165) is 24.8 Å². The summed E-state index contributed by atoms with van der Waals surface area (Å²) in [7, 11) is 0. The molecule has 1 fully saturated rings. The molecule has 0 aromatic heterocycles. The molecule has 0 saturated heterocycles. The van der Waals surface area contributed by atoms with Gasteiger partial charge in [-0.15, -0.1) is 0 Å². The summed E-state index contributed by atoms with van der Waals surface area (Å²) in [5.74, 6) is 0.0774. The molecule has 2 rings (SSSR count). The number of carbonyl (C=O) groups excluding carboxylic acids is 1. The van der Waals surface area contributed by atoms with Crippen molar-refractivity contribution in [1.29, 1.82) is 0 Å². The van der Waals surface area contributed by atoms with Gasteiger partial charge in [-0.3, -0.25) is 4.79 Å². The summed E-state index contributed by atoms with van der Waals surface area (Å²) >= 11 is 0. The van der Waals surface area contributed by atoms with E-state index < -0.39 is 0 Å². The van der Waals surface area contributed by atoms with Crippen LogP contribution in [-0.4, -0.2) is 11.4 Å². The molecule has 0 radical (unpaired) electrons. The Labute approximate surface area is 114 Å². The van der Waals surface area contributed by atoms with Crippen molar-refractivity contribution in [3.05, 3.63) is 35.6 Å². The fraction of sp³-hybridized carbons (Fsp3) is 0.562. The van der Waals surface area contributed by atoms with Crippen molar-refractivity contribution in [2.75, 3.05) is 0 Å². The van der Waals surface area contributed by atoms with Crippen molar-refractivity contribution in [3.63, 3.8) is 0 Å². The first-order valence-corrected chi connectivity index (χ1v) is 7.00. The molecule has 0 bridgehead atoms. The van der Waals surface area contributed by atoms with Gasteiger partial charge in [0.25, 0.3) is 0 Å². The predicted octanol–water partition coefficient (Wildman–Crippen LogP) is 3.62. The van der Waals surface area contributed by atoms with Gasteiger partial charge < -0.3 is 5.32 Å². The molecule has 0 unspecified atom stereocenters. The van der Waals surface area contributed by atoms with Crippen LogP contribution in [0.3, 0.4) is 0 Å². The zero-order valence-electron chi connectivity index (χ0n) is 11.9. The molecule has 0 aliphatic heterocycles. The van der Waals surface area contributed by atoms with Crippen molar-refractivity contribution in [1.82, 2.24) is 5.32 Å². The Bertz CT molecular complexity index is 470. The van der Waals surface area contributed by atoms with Gasteiger partial charge in [-0.25, -0.2) is 4.39 Å². The Kier molecular flexibility index (Phi) is 3.93. The Balaban J connectivity index is 1.94. The number of benzene rings is 1. The van der Waals surface area contributed by atoms with Crippen LogP contribution in [0.1, 0.15) is 51.5 Å². The number of hydrogen-bond acceptors (Lipinski definition) is 1. The highest BCUT2D eigenvalue weighted by Gasteiger charge is 2.45. The maximum atomic E-state index is 13.2. The quantitative estimate of drug-likeness (QED) is 0.863. The second-order valence-corrected chi connectivity index (χ2v) is 6.13. The molecular formula is C16H22FNO. The van der Waals surface area contributed by atoms with Crippen molar-refractivity contribution in [2.24, 2.45) is 5.92 Å². The van der Waals surface area contributed by atoms with Crippen molar-refractivity contribution < 1.29 is 9.18 Å². The first kappa shape index (κ1) is 14.0. The van der Waals surface area contributed by atoms with E-state index in [2.05, 4.69) is 12.2 Å². The molecule has 1 aromatic carbocycles. The third kappa shape index (κ3) is 3.55. The van der Waals surface area contributed by atoms with Gasteiger partial charge in [0.2, 0.25) is 5.91 Å². The zero-order valence-corrected chi connectivity index (χ0v) is 11.9. The van der Waals surface area contributed by atoms with Crippen LogP contribution >= 0.6 is 0 Å². The molecule has 1 saturated carbocycles. The number of nitrogens with one attached hydrogen (secondary N) is 1. The zero-order chi connectivity index (χ0) is 14.0. The summed E-state index contributed by atoms with van der Waals surface area (Å²) in [6, 6.07) is 6.58. The van der Waals surface area contributed by atoms with E-state index in [1.807, 2.05) is 19.9 Å². The fourth-order valence-corrected chi connectivity index (χ4v) is 2.70. The van der Waals surface area contributed by atoms with E-state index in [1.54, 1.807) is 6.07 Å². The first-order chi connectivity index (χ1) is 8.93. The van der Waals surface area contributed by atoms with Gasteiger partial charge in [0.15, 0.2) is 0 Å². The van der Waals surface area contributed by atoms with Crippen molar-refractivity contribution in [3.8, 4) is 0 Å². The summed E-state index contributed by atoms with van der Waals surface area (Å²) < 4.78 is 13.2. The standard InChI is InChI=1S/C16H22FNO/c1-4-8-16(2,3)18-15(19)14-10-13(14)11-6-5-7-12(17)9-11/h5-7,9,13-14H,4,8,10H2,1-3H3,(H,18,19)/t13-,14-/m1/s1. The van der Waals surface area contributed by atoms with Gasteiger partial charge in [-0.1, -0.05) is 25.5 Å². The molecule has 1 N–H and O–H groups in total. The van der Waals surface area contributed by atoms with E-state index in [9.17, 15) is 9.18 Å². The molecular weight excluding hydrogens is 241 g/mol. The third-order valence-corrected chi connectivity index (χ3v) is 3.74. The maximum absolute atomic E-state index is 13.2. The van der Waals surface area contributed by atoms with E-state index >= 15 is 0 Å². The SMILES string of the molecule is CCCC(C)(C)NC(=O)[C@@H]1C[C@@H]1c1cccc(F)c1. The highest BCUT2D eigenvalue weighted by atomic mass is 19.1. The van der Waals surface area contributed by atoms with Crippen LogP contribution in [0, 0.1) is 11.7 Å². The highest BCUT2D eigenvalue weighted by Crippen LogP contribution is 2.47. The molecule has 2 nitrogen and oxygen atoms in total. The Morgan fingerprint density at radius 3 is 2.84 bits per heavy atom. The molecule has 19 heavy (non-hydrogen) atoms. The number of rotatable bonds is 5. The Hall–Kier alpha value is -1.38. The lowest BCUT2D eigenvalue weighted by Crippen LogP contribution is -2.44. The van der Waals surface area contributed by atoms with Crippen LogP contribution in [0.2, 0.25) is 0 Å². The number of halogens is 1. The van der Waals surface area contributed by atoms with Crippen LogP contribution in [-0.2, 0) is 4.79 Å². The van der Waals surface area contributed by atoms with Gasteiger partial charge in [-0.05, 0) is 50.3 Å². The maximum Gasteiger partial charge on any atom is 0.224 e. The van der Waals surface area contributed by atoms with Gasteiger partial charge >= 0.3 is 0 Å². The summed E-state index contributed by atoms with van der Waals surface area (Å²) in [6.45, 7) is 6.21. The number of hydrogen-bond donors (Lipinski definition) is 1. The summed E-state index contributed by atoms with van der Waals surface area (Å²) in [5, 5.41) is 3.10. The molecule has 3 heteroatoms. The second kappa shape index (κ2) is 5.32. The van der Waals surface area contributed by atoms with Crippen molar-refractivity contribution >= 4 is 5.91 Å². The molecule has 1 aromatic rings. The van der Waals surface area contributed by atoms with Crippen LogP contribution in [0.25, 0.3) is 0 Å². The van der Waals surface area contributed by atoms with E-state index in [4.69, 9.17) is 0 Å². The number of amides is 1. The minimum Gasteiger partial charge on any atom is -0.351 e. The topological polar surface area (TPSA) is 29.1 Å². The Morgan fingerprint density at radius 2 is 2.21 bits per heavy atom. The molecule has 1 amide bonds. The van der Waals surface area contributed by atoms with E-state index in [0.29, 0.717) is 0 Å². The molecule has 0 heterocycles. The van der Waals surface area contributed by atoms with Crippen molar-refractivity contribution in [2.45, 2.75) is 51.5 Å². The number of carbonyl (C=O) groups is 1. The van der Waals surface area contributed by atoms with Gasteiger partial charge in [0, 0.05) is 11.5 Å². The van der Waals surface area contributed by atoms with Gasteiger partial charge in [0.05, 0.1) is 0 Å². The predicted molar refractivity (Wildman–Crippen MR) is 74.4 cm³/mol. The molecule has 1 aliphatic rings. The van der Waals surface area contributed by atoms with Gasteiger partial charge in [0.1, 0.15) is 5.82 Å². The lowest BCUT2D eigenvalue weighted by atomic mass is 9.98. The largest absolute Gasteiger partial charge is 0.351 e. The normalized spacial score (nSPS) is 22.1. The highest BCUT2D eigenvalue weighted by molar-refractivity contribution is 5.83. The van der Waals surface area contributed by atoms with Gasteiger partial charge in [-0.2, -0.15) is 0 Å². The minimum absolute atomic E-state index is 0.0120. The molecule has 104 valence electrons. The molecule has 2 atom stereocenters.